The molecule has 9 heteroatoms. The van der Waals surface area contributed by atoms with Crippen molar-refractivity contribution in [2.75, 3.05) is 38.1 Å². The summed E-state index contributed by atoms with van der Waals surface area (Å²) in [6.07, 6.45) is 0. The predicted octanol–water partition coefficient (Wildman–Crippen LogP) is 1.53. The molecule has 0 saturated carbocycles. The Bertz CT molecular complexity index is 1270. The van der Waals surface area contributed by atoms with Crippen LogP contribution in [0, 0.1) is 5.82 Å². The van der Waals surface area contributed by atoms with Crippen LogP contribution in [0.3, 0.4) is 0 Å². The third-order valence-corrected chi connectivity index (χ3v) is 5.92. The molecule has 0 atom stereocenters. The van der Waals surface area contributed by atoms with E-state index in [0.717, 1.165) is 18.7 Å². The van der Waals surface area contributed by atoms with E-state index in [1.54, 1.807) is 25.1 Å². The first-order chi connectivity index (χ1) is 15.4. The Hall–Kier alpha value is -3.46. The van der Waals surface area contributed by atoms with Gasteiger partial charge in [0.2, 0.25) is 0 Å². The highest BCUT2D eigenvalue weighted by Crippen LogP contribution is 2.23. The number of piperazine rings is 1. The molecule has 2 heterocycles. The Morgan fingerprint density at radius 1 is 1.09 bits per heavy atom. The predicted molar refractivity (Wildman–Crippen MR) is 122 cm³/mol. The van der Waals surface area contributed by atoms with Gasteiger partial charge in [-0.3, -0.25) is 19.1 Å². The zero-order chi connectivity index (χ0) is 22.8. The van der Waals surface area contributed by atoms with Crippen LogP contribution in [-0.2, 0) is 13.1 Å². The van der Waals surface area contributed by atoms with Gasteiger partial charge >= 0.3 is 5.69 Å². The number of amides is 1. The van der Waals surface area contributed by atoms with Gasteiger partial charge in [-0.15, -0.1) is 0 Å². The standard InChI is InChI=1S/C23H26FN5O3/c1-3-29-22(31)17-6-4-15(12-19(17)26-23(29)32)14-27-8-10-28(11-9-27)20-7-5-16(13-18(20)24)21(30)25-2/h4-7,12-13H,3,8-11,14H2,1-2H3,(H,25,30)(H,26,32). The number of benzene rings is 2. The maximum atomic E-state index is 14.6. The number of nitrogens with one attached hydrogen (secondary N) is 2. The van der Waals surface area contributed by atoms with Crippen molar-refractivity contribution in [2.24, 2.45) is 0 Å². The number of aromatic nitrogens is 2. The van der Waals surface area contributed by atoms with E-state index in [-0.39, 0.29) is 11.5 Å². The molecule has 1 aliphatic heterocycles. The van der Waals surface area contributed by atoms with Crippen LogP contribution in [0.2, 0.25) is 0 Å². The fourth-order valence-corrected chi connectivity index (χ4v) is 4.14. The highest BCUT2D eigenvalue weighted by atomic mass is 19.1. The number of carbonyl (C=O) groups excluding carboxylic acids is 1. The molecular formula is C23H26FN5O3. The summed E-state index contributed by atoms with van der Waals surface area (Å²) in [5.74, 6) is -0.721. The molecule has 2 aromatic carbocycles. The number of anilines is 1. The molecule has 168 valence electrons. The third-order valence-electron chi connectivity index (χ3n) is 5.92. The van der Waals surface area contributed by atoms with Crippen LogP contribution in [0.15, 0.2) is 46.0 Å². The Morgan fingerprint density at radius 2 is 1.84 bits per heavy atom. The molecule has 32 heavy (non-hydrogen) atoms. The van der Waals surface area contributed by atoms with Crippen molar-refractivity contribution in [1.82, 2.24) is 19.8 Å². The van der Waals surface area contributed by atoms with Gasteiger partial charge in [0.05, 0.1) is 16.6 Å². The van der Waals surface area contributed by atoms with Crippen molar-refractivity contribution in [2.45, 2.75) is 20.0 Å². The quantitative estimate of drug-likeness (QED) is 0.629. The first kappa shape index (κ1) is 21.8. The largest absolute Gasteiger partial charge is 0.367 e. The first-order valence-corrected chi connectivity index (χ1v) is 10.7. The van der Waals surface area contributed by atoms with Crippen LogP contribution >= 0.6 is 0 Å². The summed E-state index contributed by atoms with van der Waals surface area (Å²) in [5.41, 5.74) is 1.65. The second kappa shape index (κ2) is 8.96. The number of halogens is 1. The number of aromatic amines is 1. The van der Waals surface area contributed by atoms with E-state index in [1.165, 1.54) is 17.7 Å². The number of fused-ring (bicyclic) bond motifs is 1. The minimum absolute atomic E-state index is 0.282. The molecule has 2 N–H and O–H groups in total. The van der Waals surface area contributed by atoms with Gasteiger partial charge in [-0.1, -0.05) is 6.07 Å². The summed E-state index contributed by atoms with van der Waals surface area (Å²) in [6.45, 7) is 5.54. The average Bonchev–Trinajstić information content (AvgIpc) is 2.79. The molecule has 1 fully saturated rings. The lowest BCUT2D eigenvalue weighted by molar-refractivity contribution is 0.0962. The van der Waals surface area contributed by atoms with Gasteiger partial charge in [-0.2, -0.15) is 0 Å². The molecule has 1 saturated heterocycles. The van der Waals surface area contributed by atoms with E-state index in [0.29, 0.717) is 48.3 Å². The summed E-state index contributed by atoms with van der Waals surface area (Å²) in [5, 5.41) is 2.99. The van der Waals surface area contributed by atoms with Crippen molar-refractivity contribution in [3.8, 4) is 0 Å². The molecule has 0 bridgehead atoms. The van der Waals surface area contributed by atoms with Gasteiger partial charge in [-0.05, 0) is 42.8 Å². The van der Waals surface area contributed by atoms with E-state index in [4.69, 9.17) is 0 Å². The molecule has 0 aliphatic carbocycles. The lowest BCUT2D eigenvalue weighted by Crippen LogP contribution is -2.46. The van der Waals surface area contributed by atoms with Crippen molar-refractivity contribution in [3.05, 3.63) is 74.2 Å². The Labute approximate surface area is 184 Å². The fraction of sp³-hybridized carbons (Fsp3) is 0.348. The van der Waals surface area contributed by atoms with Gasteiger partial charge in [0, 0.05) is 51.9 Å². The van der Waals surface area contributed by atoms with Gasteiger partial charge in [0.15, 0.2) is 0 Å². The second-order valence-corrected chi connectivity index (χ2v) is 7.87. The number of carbonyl (C=O) groups is 1. The zero-order valence-electron chi connectivity index (χ0n) is 18.2. The molecule has 3 aromatic rings. The minimum Gasteiger partial charge on any atom is -0.367 e. The molecule has 0 radical (unpaired) electrons. The topological polar surface area (TPSA) is 90.4 Å². The van der Waals surface area contributed by atoms with E-state index >= 15 is 0 Å². The lowest BCUT2D eigenvalue weighted by atomic mass is 10.1. The van der Waals surface area contributed by atoms with Crippen LogP contribution in [0.25, 0.3) is 10.9 Å². The molecule has 1 amide bonds. The number of H-pyrrole nitrogens is 1. The van der Waals surface area contributed by atoms with Gasteiger partial charge in [0.25, 0.3) is 11.5 Å². The fourth-order valence-electron chi connectivity index (χ4n) is 4.14. The summed E-state index contributed by atoms with van der Waals surface area (Å²) >= 11 is 0. The highest BCUT2D eigenvalue weighted by Gasteiger charge is 2.21. The van der Waals surface area contributed by atoms with Crippen molar-refractivity contribution < 1.29 is 9.18 Å². The molecule has 4 rings (SSSR count). The lowest BCUT2D eigenvalue weighted by Gasteiger charge is -2.36. The highest BCUT2D eigenvalue weighted by molar-refractivity contribution is 5.94. The van der Waals surface area contributed by atoms with Gasteiger partial charge in [-0.25, -0.2) is 9.18 Å². The molecule has 0 spiro atoms. The maximum absolute atomic E-state index is 14.6. The normalized spacial score (nSPS) is 14.7. The SMILES string of the molecule is CCn1c(=O)[nH]c2cc(CN3CCN(c4ccc(C(=O)NC)cc4F)CC3)ccc2c1=O. The molecule has 0 unspecified atom stereocenters. The summed E-state index contributed by atoms with van der Waals surface area (Å²) < 4.78 is 15.7. The van der Waals surface area contributed by atoms with E-state index < -0.39 is 11.5 Å². The number of hydrogen-bond donors (Lipinski definition) is 2. The van der Waals surface area contributed by atoms with Gasteiger partial charge < -0.3 is 15.2 Å². The van der Waals surface area contributed by atoms with Crippen molar-refractivity contribution >= 4 is 22.5 Å². The van der Waals surface area contributed by atoms with Crippen molar-refractivity contribution in [3.63, 3.8) is 0 Å². The number of nitrogens with zero attached hydrogens (tertiary/aromatic N) is 3. The van der Waals surface area contributed by atoms with E-state index in [1.807, 2.05) is 17.0 Å². The summed E-state index contributed by atoms with van der Waals surface area (Å²) in [4.78, 5) is 43.2. The zero-order valence-corrected chi connectivity index (χ0v) is 18.2. The van der Waals surface area contributed by atoms with Crippen LogP contribution in [0.5, 0.6) is 0 Å². The minimum atomic E-state index is -0.407. The Kier molecular flexibility index (Phi) is 6.09. The monoisotopic (exact) mass is 439 g/mol. The third kappa shape index (κ3) is 4.16. The van der Waals surface area contributed by atoms with Crippen LogP contribution < -0.4 is 21.5 Å². The first-order valence-electron chi connectivity index (χ1n) is 10.7. The molecular weight excluding hydrogens is 413 g/mol. The second-order valence-electron chi connectivity index (χ2n) is 7.87. The van der Waals surface area contributed by atoms with Gasteiger partial charge in [0.1, 0.15) is 5.82 Å². The number of rotatable bonds is 5. The molecule has 1 aliphatic rings. The van der Waals surface area contributed by atoms with E-state index in [2.05, 4.69) is 15.2 Å². The average molecular weight is 439 g/mol. The maximum Gasteiger partial charge on any atom is 0.328 e. The molecule has 1 aromatic heterocycles. The van der Waals surface area contributed by atoms with E-state index in [9.17, 15) is 18.8 Å². The van der Waals surface area contributed by atoms with Crippen LogP contribution in [0.4, 0.5) is 10.1 Å². The summed E-state index contributed by atoms with van der Waals surface area (Å²) in [7, 11) is 1.52. The summed E-state index contributed by atoms with van der Waals surface area (Å²) in [6, 6.07) is 10.1. The van der Waals surface area contributed by atoms with Crippen molar-refractivity contribution in [1.29, 1.82) is 0 Å². The van der Waals surface area contributed by atoms with Crippen LogP contribution in [0.1, 0.15) is 22.8 Å². The molecule has 8 nitrogen and oxygen atoms in total. The smallest absolute Gasteiger partial charge is 0.328 e. The Morgan fingerprint density at radius 3 is 2.50 bits per heavy atom. The van der Waals surface area contributed by atoms with Crippen LogP contribution in [-0.4, -0.2) is 53.6 Å². The Balaban J connectivity index is 1.44. The number of hydrogen-bond acceptors (Lipinski definition) is 5.